The van der Waals surface area contributed by atoms with Gasteiger partial charge >= 0.3 is 19.9 Å². The molecule has 0 aliphatic rings. The lowest BCUT2D eigenvalue weighted by Gasteiger charge is -2.36. The lowest BCUT2D eigenvalue weighted by atomic mass is 9.93. The Morgan fingerprint density at radius 2 is 1.40 bits per heavy atom. The molecule has 0 aliphatic heterocycles. The molecule has 1 rings (SSSR count). The highest BCUT2D eigenvalue weighted by molar-refractivity contribution is 7.53. The molecule has 10 heteroatoms. The number of hydrogen-bond donors (Lipinski definition) is 2. The van der Waals surface area contributed by atoms with Crippen LogP contribution in [0.4, 0.5) is 26.3 Å². The Balaban J connectivity index is 3.65. The van der Waals surface area contributed by atoms with E-state index in [-0.39, 0.29) is 0 Å². The van der Waals surface area contributed by atoms with Crippen LogP contribution in [0.15, 0.2) is 30.3 Å². The van der Waals surface area contributed by atoms with E-state index in [0.717, 1.165) is 12.1 Å². The first kappa shape index (κ1) is 17.0. The molecule has 1 unspecified atom stereocenters. The van der Waals surface area contributed by atoms with Crippen molar-refractivity contribution in [1.29, 1.82) is 0 Å². The number of alkyl halides is 6. The third-order valence-corrected chi connectivity index (χ3v) is 4.34. The van der Waals surface area contributed by atoms with E-state index in [4.69, 9.17) is 9.79 Å². The van der Waals surface area contributed by atoms with Crippen molar-refractivity contribution in [2.45, 2.75) is 23.9 Å². The molecule has 0 bridgehead atoms. The van der Waals surface area contributed by atoms with Crippen molar-refractivity contribution in [2.75, 3.05) is 0 Å². The lowest BCUT2D eigenvalue weighted by molar-refractivity contribution is -0.214. The third kappa shape index (κ3) is 3.16. The van der Waals surface area contributed by atoms with E-state index < -0.39 is 37.1 Å². The predicted molar refractivity (Wildman–Crippen MR) is 56.9 cm³/mol. The molecule has 1 atom stereocenters. The second-order valence-electron chi connectivity index (χ2n) is 4.06. The zero-order valence-corrected chi connectivity index (χ0v) is 10.5. The first-order chi connectivity index (χ1) is 8.81. The Morgan fingerprint density at radius 3 is 1.70 bits per heavy atom. The quantitative estimate of drug-likeness (QED) is 0.661. The number of benzene rings is 1. The maximum atomic E-state index is 13.1. The summed E-state index contributed by atoms with van der Waals surface area (Å²) in [6.45, 7) is 0. The van der Waals surface area contributed by atoms with Crippen LogP contribution in [0.2, 0.25) is 0 Å². The summed E-state index contributed by atoms with van der Waals surface area (Å²) in [5.41, 5.74) is -1.13. The summed E-state index contributed by atoms with van der Waals surface area (Å²) in [6.07, 6.45) is -13.9. The average molecular weight is 322 g/mol. The zero-order chi connectivity index (χ0) is 15.8. The molecular weight excluding hydrogens is 313 g/mol. The topological polar surface area (TPSA) is 57.5 Å². The maximum Gasteiger partial charge on any atom is 0.410 e. The van der Waals surface area contributed by atoms with Crippen molar-refractivity contribution in [3.63, 3.8) is 0 Å². The van der Waals surface area contributed by atoms with E-state index >= 15 is 0 Å². The summed E-state index contributed by atoms with van der Waals surface area (Å²) in [5, 5.41) is -4.31. The summed E-state index contributed by atoms with van der Waals surface area (Å²) in [4.78, 5) is 17.9. The molecule has 0 radical (unpaired) electrons. The fourth-order valence-electron chi connectivity index (χ4n) is 1.81. The minimum Gasteiger partial charge on any atom is -0.324 e. The van der Waals surface area contributed by atoms with Crippen molar-refractivity contribution < 1.29 is 40.7 Å². The van der Waals surface area contributed by atoms with Gasteiger partial charge in [0.25, 0.3) is 0 Å². The molecule has 0 aromatic heterocycles. The first-order valence-electron chi connectivity index (χ1n) is 5.06. The number of halogens is 6. The van der Waals surface area contributed by atoms with E-state index in [1.807, 2.05) is 0 Å². The van der Waals surface area contributed by atoms with Gasteiger partial charge in [0.15, 0.2) is 0 Å². The van der Waals surface area contributed by atoms with Crippen LogP contribution in [-0.2, 0) is 9.72 Å². The van der Waals surface area contributed by atoms with Crippen LogP contribution in [0.1, 0.15) is 12.0 Å². The highest BCUT2D eigenvalue weighted by Crippen LogP contribution is 2.67. The summed E-state index contributed by atoms with van der Waals surface area (Å²) in [6, 6.07) is 4.39. The smallest absolute Gasteiger partial charge is 0.324 e. The maximum absolute atomic E-state index is 13.1. The van der Waals surface area contributed by atoms with Crippen LogP contribution in [0, 0.1) is 0 Å². The summed E-state index contributed by atoms with van der Waals surface area (Å²) < 4.78 is 87.9. The van der Waals surface area contributed by atoms with E-state index in [1.165, 1.54) is 6.07 Å². The van der Waals surface area contributed by atoms with Gasteiger partial charge in [0.05, 0.1) is 6.42 Å². The summed E-state index contributed by atoms with van der Waals surface area (Å²) in [7, 11) is -6.19. The molecular formula is C10H9F6O3P. The predicted octanol–water partition coefficient (Wildman–Crippen LogP) is 3.57. The van der Waals surface area contributed by atoms with Gasteiger partial charge in [-0.15, -0.1) is 0 Å². The van der Waals surface area contributed by atoms with E-state index in [2.05, 4.69) is 0 Å². The molecule has 0 spiro atoms. The van der Waals surface area contributed by atoms with Crippen molar-refractivity contribution in [2.24, 2.45) is 0 Å². The van der Waals surface area contributed by atoms with Crippen molar-refractivity contribution in [3.8, 4) is 0 Å². The molecule has 114 valence electrons. The average Bonchev–Trinajstić information content (AvgIpc) is 2.22. The van der Waals surface area contributed by atoms with Gasteiger partial charge in [-0.3, -0.25) is 4.57 Å². The van der Waals surface area contributed by atoms with Gasteiger partial charge < -0.3 is 9.79 Å². The van der Waals surface area contributed by atoms with Gasteiger partial charge in [0.2, 0.25) is 5.16 Å². The summed E-state index contributed by atoms with van der Waals surface area (Å²) in [5.74, 6) is 0. The Morgan fingerprint density at radius 1 is 0.950 bits per heavy atom. The van der Waals surface area contributed by atoms with Gasteiger partial charge in [-0.1, -0.05) is 30.3 Å². The van der Waals surface area contributed by atoms with Gasteiger partial charge in [0.1, 0.15) is 0 Å². The molecule has 0 fully saturated rings. The third-order valence-electron chi connectivity index (χ3n) is 2.67. The van der Waals surface area contributed by atoms with E-state index in [0.29, 0.717) is 12.1 Å². The van der Waals surface area contributed by atoms with Crippen LogP contribution in [-0.4, -0.2) is 22.1 Å². The van der Waals surface area contributed by atoms with Gasteiger partial charge in [-0.25, -0.2) is 0 Å². The second kappa shape index (κ2) is 5.05. The lowest BCUT2D eigenvalue weighted by Crippen LogP contribution is -2.45. The standard InChI is InChI=1S/C10H9F6O3P/c11-9(12,13)6-8(10(14,15)16,20(17,18)19)7-4-2-1-3-5-7/h1-5H,6H2,(H2,17,18,19). The molecule has 1 aromatic rings. The normalized spacial score (nSPS) is 16.8. The largest absolute Gasteiger partial charge is 0.410 e. The highest BCUT2D eigenvalue weighted by atomic mass is 31.2. The van der Waals surface area contributed by atoms with Crippen molar-refractivity contribution in [1.82, 2.24) is 0 Å². The minimum atomic E-state index is -6.19. The molecule has 0 heterocycles. The molecule has 0 amide bonds. The fraction of sp³-hybridized carbons (Fsp3) is 0.400. The van der Waals surface area contributed by atoms with Gasteiger partial charge in [-0.2, -0.15) is 26.3 Å². The highest BCUT2D eigenvalue weighted by Gasteiger charge is 2.70. The van der Waals surface area contributed by atoms with Crippen molar-refractivity contribution in [3.05, 3.63) is 35.9 Å². The van der Waals surface area contributed by atoms with Crippen LogP contribution in [0.5, 0.6) is 0 Å². The Labute approximate surface area is 109 Å². The minimum absolute atomic E-state index is 0.609. The molecule has 0 aliphatic carbocycles. The SMILES string of the molecule is O=P(O)(O)C(CC(F)(F)F)(c1ccccc1)C(F)(F)F. The van der Waals surface area contributed by atoms with E-state index in [1.54, 1.807) is 0 Å². The monoisotopic (exact) mass is 322 g/mol. The van der Waals surface area contributed by atoms with Gasteiger partial charge in [-0.05, 0) is 5.56 Å². The molecule has 2 N–H and O–H groups in total. The fourth-order valence-corrected chi connectivity index (χ4v) is 3.01. The van der Waals surface area contributed by atoms with Gasteiger partial charge in [0, 0.05) is 0 Å². The number of hydrogen-bond acceptors (Lipinski definition) is 1. The van der Waals surface area contributed by atoms with Crippen LogP contribution in [0.25, 0.3) is 0 Å². The van der Waals surface area contributed by atoms with Crippen LogP contribution in [0.3, 0.4) is 0 Å². The summed E-state index contributed by atoms with van der Waals surface area (Å²) >= 11 is 0. The Kier molecular flexibility index (Phi) is 4.29. The van der Waals surface area contributed by atoms with Crippen molar-refractivity contribution >= 4 is 7.60 Å². The first-order valence-corrected chi connectivity index (χ1v) is 6.67. The van der Waals surface area contributed by atoms with E-state index in [9.17, 15) is 30.9 Å². The molecule has 0 saturated carbocycles. The second-order valence-corrected chi connectivity index (χ2v) is 5.91. The number of rotatable bonds is 3. The molecule has 0 saturated heterocycles. The molecule has 3 nitrogen and oxygen atoms in total. The molecule has 20 heavy (non-hydrogen) atoms. The molecule has 1 aromatic carbocycles. The van der Waals surface area contributed by atoms with Crippen LogP contribution >= 0.6 is 7.60 Å². The Bertz CT molecular complexity index is 506. The zero-order valence-electron chi connectivity index (χ0n) is 9.61. The van der Waals surface area contributed by atoms with Crippen LogP contribution < -0.4 is 0 Å². The Hall–Kier alpha value is -1.05.